The average Bonchev–Trinajstić information content (AvgIpc) is 1.88. The van der Waals surface area contributed by atoms with Crippen LogP contribution in [0.3, 0.4) is 0 Å². The Balaban J connectivity index is 3.98. The molecule has 0 saturated heterocycles. The van der Waals surface area contributed by atoms with Gasteiger partial charge in [0.25, 0.3) is 0 Å². The molecule has 0 aromatic heterocycles. The number of halogens is 2. The summed E-state index contributed by atoms with van der Waals surface area (Å²) >= 11 is 0. The van der Waals surface area contributed by atoms with E-state index in [4.69, 9.17) is 0 Å². The molecule has 10 heavy (non-hydrogen) atoms. The van der Waals surface area contributed by atoms with E-state index in [0.717, 1.165) is 18.1 Å². The fourth-order valence-corrected chi connectivity index (χ4v) is 0.470. The van der Waals surface area contributed by atoms with Crippen molar-refractivity contribution in [2.45, 2.75) is 20.3 Å². The van der Waals surface area contributed by atoms with Gasteiger partial charge < -0.3 is 0 Å². The first-order valence-corrected chi connectivity index (χ1v) is 3.29. The van der Waals surface area contributed by atoms with Crippen LogP contribution in [-0.2, 0) is 0 Å². The third kappa shape index (κ3) is 4.24. The summed E-state index contributed by atoms with van der Waals surface area (Å²) in [5.74, 6) is -0.484. The first kappa shape index (κ1) is 9.34. The van der Waals surface area contributed by atoms with Gasteiger partial charge in [-0.3, -0.25) is 0 Å². The molecule has 0 N–H and O–H groups in total. The standard InChI is InChI=1S/C8H12F2/c1-3-7(2)6-8(10)4-5-9/h4,6H,3,5H2,1-2H3/b7-6-,8-4+. The molecule has 0 atom stereocenters. The Bertz CT molecular complexity index is 145. The van der Waals surface area contributed by atoms with Crippen LogP contribution < -0.4 is 0 Å². The lowest BCUT2D eigenvalue weighted by Crippen LogP contribution is -1.74. The van der Waals surface area contributed by atoms with Gasteiger partial charge in [-0.1, -0.05) is 12.5 Å². The van der Waals surface area contributed by atoms with Crippen molar-refractivity contribution in [2.24, 2.45) is 0 Å². The zero-order valence-electron chi connectivity index (χ0n) is 6.32. The summed E-state index contributed by atoms with van der Waals surface area (Å²) in [5, 5.41) is 0. The Hall–Kier alpha value is -0.660. The number of hydrogen-bond acceptors (Lipinski definition) is 0. The number of alkyl halides is 1. The van der Waals surface area contributed by atoms with Gasteiger partial charge in [0.1, 0.15) is 12.5 Å². The van der Waals surface area contributed by atoms with Crippen molar-refractivity contribution in [3.8, 4) is 0 Å². The zero-order chi connectivity index (χ0) is 7.98. The second-order valence-electron chi connectivity index (χ2n) is 2.09. The van der Waals surface area contributed by atoms with Crippen LogP contribution in [-0.4, -0.2) is 6.67 Å². The summed E-state index contributed by atoms with van der Waals surface area (Å²) < 4.78 is 23.8. The zero-order valence-corrected chi connectivity index (χ0v) is 6.32. The van der Waals surface area contributed by atoms with Gasteiger partial charge >= 0.3 is 0 Å². The van der Waals surface area contributed by atoms with E-state index in [2.05, 4.69) is 0 Å². The Labute approximate surface area is 60.2 Å². The van der Waals surface area contributed by atoms with Crippen LogP contribution in [0.2, 0.25) is 0 Å². The molecule has 0 aromatic carbocycles. The number of rotatable bonds is 3. The lowest BCUT2D eigenvalue weighted by molar-refractivity contribution is 0.547. The van der Waals surface area contributed by atoms with Crippen molar-refractivity contribution in [3.05, 3.63) is 23.6 Å². The molecule has 0 rings (SSSR count). The summed E-state index contributed by atoms with van der Waals surface area (Å²) in [5.41, 5.74) is 0.919. The van der Waals surface area contributed by atoms with Gasteiger partial charge in [0.15, 0.2) is 0 Å². The minimum Gasteiger partial charge on any atom is -0.246 e. The molecule has 0 spiro atoms. The lowest BCUT2D eigenvalue weighted by atomic mass is 10.2. The molecule has 0 amide bonds. The predicted octanol–water partition coefficient (Wildman–Crippen LogP) is 3.17. The highest BCUT2D eigenvalue weighted by atomic mass is 19.1. The van der Waals surface area contributed by atoms with E-state index in [1.807, 2.05) is 13.8 Å². The predicted molar refractivity (Wildman–Crippen MR) is 39.2 cm³/mol. The van der Waals surface area contributed by atoms with Crippen molar-refractivity contribution in [1.82, 2.24) is 0 Å². The molecule has 0 aliphatic rings. The van der Waals surface area contributed by atoms with Crippen LogP contribution in [0, 0.1) is 0 Å². The highest BCUT2D eigenvalue weighted by Crippen LogP contribution is 2.06. The SMILES string of the molecule is CC/C(C)=C\C(F)=C/CF. The van der Waals surface area contributed by atoms with Crippen molar-refractivity contribution in [3.63, 3.8) is 0 Å². The molecule has 58 valence electrons. The van der Waals surface area contributed by atoms with Crippen molar-refractivity contribution in [1.29, 1.82) is 0 Å². The largest absolute Gasteiger partial charge is 0.246 e. The minimum absolute atomic E-state index is 0.484. The molecule has 0 unspecified atom stereocenters. The first-order chi connectivity index (χ1) is 4.70. The summed E-state index contributed by atoms with van der Waals surface area (Å²) in [6.07, 6.45) is 3.06. The van der Waals surface area contributed by atoms with E-state index in [1.165, 1.54) is 6.08 Å². The van der Waals surface area contributed by atoms with Crippen molar-refractivity contribution < 1.29 is 8.78 Å². The molecule has 0 fully saturated rings. The normalized spacial score (nSPS) is 14.0. The Morgan fingerprint density at radius 2 is 2.10 bits per heavy atom. The van der Waals surface area contributed by atoms with Crippen LogP contribution in [0.5, 0.6) is 0 Å². The molecule has 0 nitrogen and oxygen atoms in total. The highest BCUT2D eigenvalue weighted by Gasteiger charge is 1.88. The molecule has 0 aliphatic carbocycles. The summed E-state index contributed by atoms with van der Waals surface area (Å²) in [6.45, 7) is 3.00. The summed E-state index contributed by atoms with van der Waals surface area (Å²) in [6, 6.07) is 0. The smallest absolute Gasteiger partial charge is 0.121 e. The minimum atomic E-state index is -0.737. The summed E-state index contributed by atoms with van der Waals surface area (Å²) in [4.78, 5) is 0. The van der Waals surface area contributed by atoms with E-state index in [1.54, 1.807) is 0 Å². The Morgan fingerprint density at radius 3 is 2.50 bits per heavy atom. The molecule has 2 heteroatoms. The number of allylic oxidation sites excluding steroid dienone is 4. The van der Waals surface area contributed by atoms with Crippen LogP contribution in [0.15, 0.2) is 23.6 Å². The summed E-state index contributed by atoms with van der Waals surface area (Å²) in [7, 11) is 0. The third-order valence-electron chi connectivity index (χ3n) is 1.21. The van der Waals surface area contributed by atoms with E-state index < -0.39 is 12.5 Å². The topological polar surface area (TPSA) is 0 Å². The fraction of sp³-hybridized carbons (Fsp3) is 0.500. The van der Waals surface area contributed by atoms with Gasteiger partial charge in [-0.2, -0.15) is 0 Å². The second-order valence-corrected chi connectivity index (χ2v) is 2.09. The average molecular weight is 146 g/mol. The van der Waals surface area contributed by atoms with Crippen LogP contribution in [0.1, 0.15) is 20.3 Å². The van der Waals surface area contributed by atoms with Crippen LogP contribution in [0.4, 0.5) is 8.78 Å². The molecule has 0 aromatic rings. The van der Waals surface area contributed by atoms with Gasteiger partial charge in [0.05, 0.1) is 0 Å². The molecule has 0 radical (unpaired) electrons. The van der Waals surface area contributed by atoms with E-state index in [0.29, 0.717) is 0 Å². The first-order valence-electron chi connectivity index (χ1n) is 3.29. The molecule has 0 bridgehead atoms. The molecule has 0 heterocycles. The molecule has 0 aliphatic heterocycles. The maximum absolute atomic E-state index is 12.4. The van der Waals surface area contributed by atoms with E-state index >= 15 is 0 Å². The maximum Gasteiger partial charge on any atom is 0.121 e. The Morgan fingerprint density at radius 1 is 1.50 bits per heavy atom. The lowest BCUT2D eigenvalue weighted by Gasteiger charge is -1.91. The Kier molecular flexibility index (Phi) is 4.81. The van der Waals surface area contributed by atoms with E-state index in [-0.39, 0.29) is 0 Å². The molecular formula is C8H12F2. The maximum atomic E-state index is 12.4. The van der Waals surface area contributed by atoms with Gasteiger partial charge in [-0.15, -0.1) is 0 Å². The van der Waals surface area contributed by atoms with Crippen LogP contribution in [0.25, 0.3) is 0 Å². The van der Waals surface area contributed by atoms with Gasteiger partial charge in [-0.25, -0.2) is 8.78 Å². The molecule has 0 saturated carbocycles. The van der Waals surface area contributed by atoms with Crippen LogP contribution >= 0.6 is 0 Å². The van der Waals surface area contributed by atoms with Crippen molar-refractivity contribution in [2.75, 3.05) is 6.67 Å². The molecular weight excluding hydrogens is 134 g/mol. The monoisotopic (exact) mass is 146 g/mol. The quantitative estimate of drug-likeness (QED) is 0.536. The van der Waals surface area contributed by atoms with Gasteiger partial charge in [0, 0.05) is 0 Å². The fourth-order valence-electron chi connectivity index (χ4n) is 0.470. The van der Waals surface area contributed by atoms with Crippen molar-refractivity contribution >= 4 is 0 Å². The van der Waals surface area contributed by atoms with Gasteiger partial charge in [0.2, 0.25) is 0 Å². The number of hydrogen-bond donors (Lipinski definition) is 0. The second kappa shape index (κ2) is 5.15. The van der Waals surface area contributed by atoms with Gasteiger partial charge in [-0.05, 0) is 25.5 Å². The third-order valence-corrected chi connectivity index (χ3v) is 1.21. The highest BCUT2D eigenvalue weighted by molar-refractivity contribution is 5.16. The van der Waals surface area contributed by atoms with E-state index in [9.17, 15) is 8.78 Å².